The van der Waals surface area contributed by atoms with E-state index in [2.05, 4.69) is 23.0 Å². The molecule has 0 saturated carbocycles. The van der Waals surface area contributed by atoms with Crippen molar-refractivity contribution in [2.75, 3.05) is 0 Å². The number of halogens is 2. The number of nitrogens with one attached hydrogen (secondary N) is 1. The molecule has 12 heavy (non-hydrogen) atoms. The van der Waals surface area contributed by atoms with Crippen molar-refractivity contribution in [2.45, 2.75) is 6.54 Å². The summed E-state index contributed by atoms with van der Waals surface area (Å²) in [5.74, 6) is 0. The van der Waals surface area contributed by atoms with Gasteiger partial charge in [0.05, 0.1) is 10.0 Å². The molecular formula is C8H6Cl2NS. The molecule has 0 atom stereocenters. The van der Waals surface area contributed by atoms with Crippen LogP contribution in [-0.2, 0) is 6.54 Å². The summed E-state index contributed by atoms with van der Waals surface area (Å²) in [6, 6.07) is 5.47. The molecular weight excluding hydrogens is 213 g/mol. The van der Waals surface area contributed by atoms with Crippen LogP contribution in [0.4, 0.5) is 0 Å². The normalized spacial score (nSPS) is 9.50. The first-order valence-corrected chi connectivity index (χ1v) is 4.45. The number of rotatable bonds is 3. The Bertz CT molecular complexity index is 288. The minimum atomic E-state index is 0.556. The maximum atomic E-state index is 5.90. The minimum Gasteiger partial charge on any atom is -0.370 e. The smallest absolute Gasteiger partial charge is 0.134 e. The van der Waals surface area contributed by atoms with Gasteiger partial charge in [0.15, 0.2) is 0 Å². The van der Waals surface area contributed by atoms with Crippen molar-refractivity contribution >= 4 is 40.9 Å². The molecule has 0 bridgehead atoms. The quantitative estimate of drug-likeness (QED) is 0.619. The highest BCUT2D eigenvalue weighted by molar-refractivity contribution is 7.78. The van der Waals surface area contributed by atoms with E-state index >= 15 is 0 Å². The molecule has 0 saturated heterocycles. The Kier molecular flexibility index (Phi) is 3.79. The van der Waals surface area contributed by atoms with Gasteiger partial charge < -0.3 is 5.32 Å². The topological polar surface area (TPSA) is 12.0 Å². The fraction of sp³-hybridized carbons (Fsp3) is 0.125. The first-order chi connectivity index (χ1) is 5.75. The van der Waals surface area contributed by atoms with E-state index in [0.717, 1.165) is 5.56 Å². The molecule has 4 heteroatoms. The molecule has 1 aromatic rings. The molecule has 0 unspecified atom stereocenters. The number of benzene rings is 1. The van der Waals surface area contributed by atoms with Crippen molar-refractivity contribution in [3.05, 3.63) is 33.8 Å². The first-order valence-electron chi connectivity index (χ1n) is 3.28. The monoisotopic (exact) mass is 218 g/mol. The van der Waals surface area contributed by atoms with E-state index in [1.54, 1.807) is 6.07 Å². The number of hydrogen-bond acceptors (Lipinski definition) is 1. The lowest BCUT2D eigenvalue weighted by Gasteiger charge is -2.03. The molecule has 1 rings (SSSR count). The van der Waals surface area contributed by atoms with Gasteiger partial charge in [0.25, 0.3) is 0 Å². The van der Waals surface area contributed by atoms with Gasteiger partial charge in [0.2, 0.25) is 0 Å². The average molecular weight is 219 g/mol. The Labute approximate surface area is 86.7 Å². The van der Waals surface area contributed by atoms with Gasteiger partial charge in [-0.3, -0.25) is 0 Å². The molecule has 1 nitrogen and oxygen atoms in total. The Morgan fingerprint density at radius 1 is 1.42 bits per heavy atom. The molecule has 0 aromatic heterocycles. The fourth-order valence-corrected chi connectivity index (χ4v) is 1.28. The second kappa shape index (κ2) is 4.65. The summed E-state index contributed by atoms with van der Waals surface area (Å²) in [4.78, 5) is 0. The zero-order valence-electron chi connectivity index (χ0n) is 6.10. The van der Waals surface area contributed by atoms with Crippen LogP contribution in [-0.4, -0.2) is 5.49 Å². The zero-order chi connectivity index (χ0) is 8.97. The van der Waals surface area contributed by atoms with E-state index in [1.807, 2.05) is 12.1 Å². The predicted molar refractivity (Wildman–Crippen MR) is 55.9 cm³/mol. The molecule has 0 spiro atoms. The molecule has 0 fully saturated rings. The lowest BCUT2D eigenvalue weighted by Crippen LogP contribution is -2.08. The summed E-state index contributed by atoms with van der Waals surface area (Å²) >= 11 is 16.2. The van der Waals surface area contributed by atoms with Crippen molar-refractivity contribution in [1.29, 1.82) is 0 Å². The molecule has 1 aromatic carbocycles. The summed E-state index contributed by atoms with van der Waals surface area (Å²) in [7, 11) is 0. The third kappa shape index (κ3) is 2.34. The molecule has 1 N–H and O–H groups in total. The van der Waals surface area contributed by atoms with Gasteiger partial charge in [-0.2, -0.15) is 0 Å². The van der Waals surface area contributed by atoms with E-state index in [4.69, 9.17) is 23.2 Å². The van der Waals surface area contributed by atoms with Crippen LogP contribution in [0, 0.1) is 0 Å². The second-order valence-corrected chi connectivity index (χ2v) is 3.16. The average Bonchev–Trinajstić information content (AvgIpc) is 2.08. The highest BCUT2D eigenvalue weighted by atomic mass is 35.5. The highest BCUT2D eigenvalue weighted by Crippen LogP contribution is 2.25. The van der Waals surface area contributed by atoms with Crippen molar-refractivity contribution in [3.8, 4) is 0 Å². The van der Waals surface area contributed by atoms with E-state index in [1.165, 1.54) is 0 Å². The van der Waals surface area contributed by atoms with Gasteiger partial charge in [0.1, 0.15) is 5.49 Å². The van der Waals surface area contributed by atoms with Crippen LogP contribution >= 0.6 is 35.4 Å². The molecule has 1 radical (unpaired) electrons. The Morgan fingerprint density at radius 2 is 2.17 bits per heavy atom. The predicted octanol–water partition coefficient (Wildman–Crippen LogP) is 2.92. The van der Waals surface area contributed by atoms with Gasteiger partial charge >= 0.3 is 0 Å². The van der Waals surface area contributed by atoms with E-state index < -0.39 is 0 Å². The largest absolute Gasteiger partial charge is 0.370 e. The Morgan fingerprint density at radius 3 is 2.83 bits per heavy atom. The molecule has 0 heterocycles. The summed E-state index contributed by atoms with van der Waals surface area (Å²) < 4.78 is 0. The first kappa shape index (κ1) is 9.78. The summed E-state index contributed by atoms with van der Waals surface area (Å²) in [6.07, 6.45) is 0. The van der Waals surface area contributed by atoms with Crippen LogP contribution in [0.15, 0.2) is 18.2 Å². The fourth-order valence-electron chi connectivity index (χ4n) is 0.816. The molecule has 63 valence electrons. The van der Waals surface area contributed by atoms with Gasteiger partial charge in [0, 0.05) is 6.54 Å². The summed E-state index contributed by atoms with van der Waals surface area (Å²) in [5, 5.41) is 3.88. The lowest BCUT2D eigenvalue weighted by atomic mass is 10.2. The number of hydrogen-bond donors (Lipinski definition) is 1. The maximum absolute atomic E-state index is 5.90. The third-order valence-corrected chi connectivity index (χ3v) is 2.38. The van der Waals surface area contributed by atoms with Crippen LogP contribution in [0.25, 0.3) is 0 Å². The van der Waals surface area contributed by atoms with Crippen molar-refractivity contribution < 1.29 is 0 Å². The molecule has 0 amide bonds. The SMILES string of the molecule is S=[C]NCc1cccc(Cl)c1Cl. The van der Waals surface area contributed by atoms with Crippen molar-refractivity contribution in [1.82, 2.24) is 5.32 Å². The van der Waals surface area contributed by atoms with Gasteiger partial charge in [-0.05, 0) is 11.6 Å². The Hall–Kier alpha value is -0.310. The van der Waals surface area contributed by atoms with Crippen molar-refractivity contribution in [2.24, 2.45) is 0 Å². The summed E-state index contributed by atoms with van der Waals surface area (Å²) in [6.45, 7) is 0.558. The minimum absolute atomic E-state index is 0.556. The lowest BCUT2D eigenvalue weighted by molar-refractivity contribution is 0.945. The van der Waals surface area contributed by atoms with Crippen LogP contribution < -0.4 is 5.32 Å². The van der Waals surface area contributed by atoms with E-state index in [-0.39, 0.29) is 0 Å². The third-order valence-electron chi connectivity index (χ3n) is 1.38. The maximum Gasteiger partial charge on any atom is 0.134 e. The Balaban J connectivity index is 2.84. The number of thiocarbonyl (C=S) groups is 1. The van der Waals surface area contributed by atoms with Crippen molar-refractivity contribution in [3.63, 3.8) is 0 Å². The molecule has 0 aliphatic rings. The highest BCUT2D eigenvalue weighted by Gasteiger charge is 2.02. The standard InChI is InChI=1S/C8H6Cl2NS/c9-7-3-1-2-6(8(7)10)4-11-5-12/h1-3H,4H2,(H,11,12). The summed E-state index contributed by atoms with van der Waals surface area (Å²) in [5.41, 5.74) is 3.31. The van der Waals surface area contributed by atoms with E-state index in [9.17, 15) is 0 Å². The van der Waals surface area contributed by atoms with Gasteiger partial charge in [-0.15, -0.1) is 0 Å². The zero-order valence-corrected chi connectivity index (χ0v) is 8.43. The van der Waals surface area contributed by atoms with Crippen LogP contribution in [0.5, 0.6) is 0 Å². The molecule has 0 aliphatic carbocycles. The van der Waals surface area contributed by atoms with Crippen LogP contribution in [0.1, 0.15) is 5.56 Å². The van der Waals surface area contributed by atoms with E-state index in [0.29, 0.717) is 16.6 Å². The van der Waals surface area contributed by atoms with Gasteiger partial charge in [-0.25, -0.2) is 0 Å². The van der Waals surface area contributed by atoms with Crippen LogP contribution in [0.2, 0.25) is 10.0 Å². The van der Waals surface area contributed by atoms with Crippen LogP contribution in [0.3, 0.4) is 0 Å². The second-order valence-electron chi connectivity index (χ2n) is 2.17. The molecule has 0 aliphatic heterocycles. The van der Waals surface area contributed by atoms with Gasteiger partial charge in [-0.1, -0.05) is 47.6 Å².